The average Bonchev–Trinajstić information content (AvgIpc) is 3.15. The molecule has 0 fully saturated rings. The number of aromatic nitrogens is 2. The number of methoxy groups -OCH3 is 1. The molecule has 0 atom stereocenters. The van der Waals surface area contributed by atoms with Crippen LogP contribution < -0.4 is 10.1 Å². The lowest BCUT2D eigenvalue weighted by atomic mass is 10.2. The summed E-state index contributed by atoms with van der Waals surface area (Å²) < 4.78 is 6.82. The Bertz CT molecular complexity index is 995. The number of fused-ring (bicyclic) bond motifs is 1. The van der Waals surface area contributed by atoms with E-state index in [9.17, 15) is 9.59 Å². The number of pyridine rings is 1. The standard InChI is InChI=1S/C22H26N4O3/c1-4-5-13-25(2)22(28)20-24-19(18-8-6-7-14-26(18)20)21(27)23-15-16-9-11-17(29-3)12-10-16/h6-12,14H,4-5,13,15H2,1-3H3,(H,23,27). The van der Waals surface area contributed by atoms with Crippen molar-refractivity contribution >= 4 is 17.3 Å². The van der Waals surface area contributed by atoms with E-state index in [0.29, 0.717) is 18.6 Å². The lowest BCUT2D eigenvalue weighted by molar-refractivity contribution is 0.0780. The van der Waals surface area contributed by atoms with E-state index >= 15 is 0 Å². The molecule has 0 aliphatic carbocycles. The second kappa shape index (κ2) is 9.23. The maximum Gasteiger partial charge on any atom is 0.289 e. The van der Waals surface area contributed by atoms with Crippen molar-refractivity contribution in [2.24, 2.45) is 0 Å². The second-order valence-electron chi connectivity index (χ2n) is 6.85. The van der Waals surface area contributed by atoms with Gasteiger partial charge < -0.3 is 15.0 Å². The van der Waals surface area contributed by atoms with Gasteiger partial charge in [0.15, 0.2) is 5.69 Å². The Morgan fingerprint density at radius 3 is 2.62 bits per heavy atom. The molecule has 1 aromatic carbocycles. The quantitative estimate of drug-likeness (QED) is 0.637. The molecule has 29 heavy (non-hydrogen) atoms. The molecular weight excluding hydrogens is 368 g/mol. The summed E-state index contributed by atoms with van der Waals surface area (Å²) in [4.78, 5) is 31.7. The van der Waals surface area contributed by atoms with Crippen LogP contribution in [0.15, 0.2) is 48.7 Å². The van der Waals surface area contributed by atoms with Crippen molar-refractivity contribution < 1.29 is 14.3 Å². The van der Waals surface area contributed by atoms with Crippen LogP contribution >= 0.6 is 0 Å². The van der Waals surface area contributed by atoms with E-state index in [2.05, 4.69) is 17.2 Å². The lowest BCUT2D eigenvalue weighted by Crippen LogP contribution is -2.29. The number of nitrogens with zero attached hydrogens (tertiary/aromatic N) is 3. The highest BCUT2D eigenvalue weighted by Gasteiger charge is 2.23. The zero-order valence-corrected chi connectivity index (χ0v) is 17.0. The zero-order chi connectivity index (χ0) is 20.8. The SMILES string of the molecule is CCCCN(C)C(=O)c1nc(C(=O)NCc2ccc(OC)cc2)c2ccccn12. The van der Waals surface area contributed by atoms with Gasteiger partial charge in [0.1, 0.15) is 5.75 Å². The molecule has 7 heteroatoms. The van der Waals surface area contributed by atoms with Crippen LogP contribution in [0.5, 0.6) is 5.75 Å². The molecule has 0 unspecified atom stereocenters. The first-order valence-electron chi connectivity index (χ1n) is 9.68. The summed E-state index contributed by atoms with van der Waals surface area (Å²) in [6, 6.07) is 12.9. The molecule has 0 radical (unpaired) electrons. The van der Waals surface area contributed by atoms with Gasteiger partial charge in [-0.3, -0.25) is 14.0 Å². The Morgan fingerprint density at radius 2 is 1.93 bits per heavy atom. The molecular formula is C22H26N4O3. The van der Waals surface area contributed by atoms with Crippen LogP contribution in [0.1, 0.15) is 46.4 Å². The molecule has 0 bridgehead atoms. The number of nitrogens with one attached hydrogen (secondary N) is 1. The third-order valence-electron chi connectivity index (χ3n) is 4.76. The van der Waals surface area contributed by atoms with Crippen LogP contribution in [0.25, 0.3) is 5.52 Å². The first-order valence-corrected chi connectivity index (χ1v) is 9.68. The van der Waals surface area contributed by atoms with Gasteiger partial charge in [-0.1, -0.05) is 31.5 Å². The van der Waals surface area contributed by atoms with E-state index in [0.717, 1.165) is 24.2 Å². The highest BCUT2D eigenvalue weighted by molar-refractivity contribution is 6.02. The summed E-state index contributed by atoms with van der Waals surface area (Å²) >= 11 is 0. The van der Waals surface area contributed by atoms with Crippen molar-refractivity contribution in [1.82, 2.24) is 19.6 Å². The Labute approximate surface area is 170 Å². The van der Waals surface area contributed by atoms with Crippen molar-refractivity contribution in [3.63, 3.8) is 0 Å². The molecule has 2 amide bonds. The number of carbonyl (C=O) groups is 2. The highest BCUT2D eigenvalue weighted by atomic mass is 16.5. The van der Waals surface area contributed by atoms with Gasteiger partial charge in [0, 0.05) is 26.3 Å². The van der Waals surface area contributed by atoms with E-state index in [-0.39, 0.29) is 23.3 Å². The molecule has 0 saturated carbocycles. The number of hydrogen-bond donors (Lipinski definition) is 1. The maximum atomic E-state index is 12.8. The summed E-state index contributed by atoms with van der Waals surface area (Å²) in [6.07, 6.45) is 3.67. The Balaban J connectivity index is 1.81. The molecule has 3 aromatic rings. The molecule has 0 aliphatic heterocycles. The first-order chi connectivity index (χ1) is 14.0. The minimum atomic E-state index is -0.320. The van der Waals surface area contributed by atoms with E-state index in [1.54, 1.807) is 35.7 Å². The fourth-order valence-electron chi connectivity index (χ4n) is 3.03. The molecule has 2 aromatic heterocycles. The number of benzene rings is 1. The van der Waals surface area contributed by atoms with Crippen molar-refractivity contribution in [3.8, 4) is 5.75 Å². The third kappa shape index (κ3) is 4.56. The predicted molar refractivity (Wildman–Crippen MR) is 111 cm³/mol. The monoisotopic (exact) mass is 394 g/mol. The van der Waals surface area contributed by atoms with Crippen LogP contribution in [0.2, 0.25) is 0 Å². The Kier molecular flexibility index (Phi) is 6.49. The van der Waals surface area contributed by atoms with Crippen molar-refractivity contribution in [3.05, 3.63) is 65.7 Å². The summed E-state index contributed by atoms with van der Waals surface area (Å²) in [7, 11) is 3.37. The fraction of sp³-hybridized carbons (Fsp3) is 0.318. The van der Waals surface area contributed by atoms with Crippen LogP contribution in [-0.4, -0.2) is 46.8 Å². The normalized spacial score (nSPS) is 10.7. The van der Waals surface area contributed by atoms with Crippen LogP contribution in [0.4, 0.5) is 0 Å². The molecule has 1 N–H and O–H groups in total. The number of amides is 2. The summed E-state index contributed by atoms with van der Waals surface area (Å²) in [5, 5.41) is 2.88. The van der Waals surface area contributed by atoms with E-state index in [1.165, 1.54) is 0 Å². The maximum absolute atomic E-state index is 12.8. The minimum Gasteiger partial charge on any atom is -0.497 e. The largest absolute Gasteiger partial charge is 0.497 e. The Hall–Kier alpha value is -3.35. The molecule has 0 spiro atoms. The third-order valence-corrected chi connectivity index (χ3v) is 4.76. The van der Waals surface area contributed by atoms with Gasteiger partial charge in [-0.05, 0) is 36.2 Å². The minimum absolute atomic E-state index is 0.200. The van der Waals surface area contributed by atoms with Crippen LogP contribution in [-0.2, 0) is 6.54 Å². The molecule has 0 aliphatic rings. The summed E-state index contributed by atoms with van der Waals surface area (Å²) in [6.45, 7) is 3.08. The van der Waals surface area contributed by atoms with Gasteiger partial charge in [-0.25, -0.2) is 4.98 Å². The van der Waals surface area contributed by atoms with E-state index in [1.807, 2.05) is 36.4 Å². The molecule has 7 nitrogen and oxygen atoms in total. The molecule has 3 rings (SSSR count). The Morgan fingerprint density at radius 1 is 1.17 bits per heavy atom. The van der Waals surface area contributed by atoms with Crippen molar-refractivity contribution in [1.29, 1.82) is 0 Å². The number of hydrogen-bond acceptors (Lipinski definition) is 4. The molecule has 2 heterocycles. The van der Waals surface area contributed by atoms with E-state index in [4.69, 9.17) is 4.74 Å². The topological polar surface area (TPSA) is 75.9 Å². The second-order valence-corrected chi connectivity index (χ2v) is 6.85. The predicted octanol–water partition coefficient (Wildman–Crippen LogP) is 3.15. The van der Waals surface area contributed by atoms with Gasteiger partial charge >= 0.3 is 0 Å². The molecule has 0 saturated heterocycles. The fourth-order valence-corrected chi connectivity index (χ4v) is 3.03. The number of imidazole rings is 1. The van der Waals surface area contributed by atoms with Crippen molar-refractivity contribution in [2.75, 3.05) is 20.7 Å². The number of carbonyl (C=O) groups excluding carboxylic acids is 2. The molecule has 152 valence electrons. The summed E-state index contributed by atoms with van der Waals surface area (Å²) in [5.74, 6) is 0.484. The highest BCUT2D eigenvalue weighted by Crippen LogP contribution is 2.16. The van der Waals surface area contributed by atoms with E-state index < -0.39 is 0 Å². The van der Waals surface area contributed by atoms with Gasteiger partial charge in [-0.15, -0.1) is 0 Å². The number of ether oxygens (including phenoxy) is 1. The van der Waals surface area contributed by atoms with Gasteiger partial charge in [0.2, 0.25) is 5.82 Å². The lowest BCUT2D eigenvalue weighted by Gasteiger charge is -2.15. The number of unbranched alkanes of at least 4 members (excludes halogenated alkanes) is 1. The van der Waals surface area contributed by atoms with Gasteiger partial charge in [-0.2, -0.15) is 0 Å². The average molecular weight is 394 g/mol. The smallest absolute Gasteiger partial charge is 0.289 e. The van der Waals surface area contributed by atoms with Crippen LogP contribution in [0, 0.1) is 0 Å². The summed E-state index contributed by atoms with van der Waals surface area (Å²) in [5.41, 5.74) is 1.79. The van der Waals surface area contributed by atoms with Gasteiger partial charge in [0.25, 0.3) is 11.8 Å². The van der Waals surface area contributed by atoms with Crippen molar-refractivity contribution in [2.45, 2.75) is 26.3 Å². The van der Waals surface area contributed by atoms with Crippen LogP contribution in [0.3, 0.4) is 0 Å². The number of rotatable bonds is 8. The first kappa shape index (κ1) is 20.4. The zero-order valence-electron chi connectivity index (χ0n) is 17.0. The van der Waals surface area contributed by atoms with Gasteiger partial charge in [0.05, 0.1) is 12.6 Å².